The maximum atomic E-state index is 11.3. The van der Waals surface area contributed by atoms with E-state index in [1.807, 2.05) is 0 Å². The number of likely N-dealkylation sites (tertiary alicyclic amines) is 1. The number of esters is 1. The molecule has 0 saturated carbocycles. The van der Waals surface area contributed by atoms with Gasteiger partial charge in [0.15, 0.2) is 0 Å². The standard InChI is InChI=1S/C11H20N2O2.ClH/c1-15-11(14)10-7-9(8-12-10)13-5-3-2-4-6-13;/h9-10,12H,2-8H2,1H3;1H/t9-,10+;/m1./s1. The van der Waals surface area contributed by atoms with Crippen LogP contribution in [0.3, 0.4) is 0 Å². The minimum Gasteiger partial charge on any atom is -0.468 e. The second kappa shape index (κ2) is 6.42. The molecular weight excluding hydrogens is 228 g/mol. The quantitative estimate of drug-likeness (QED) is 0.734. The molecule has 2 saturated heterocycles. The number of ether oxygens (including phenoxy) is 1. The number of nitrogens with zero attached hydrogens (tertiary/aromatic N) is 1. The number of hydrogen-bond acceptors (Lipinski definition) is 4. The molecule has 4 nitrogen and oxygen atoms in total. The predicted molar refractivity (Wildman–Crippen MR) is 64.9 cm³/mol. The topological polar surface area (TPSA) is 41.6 Å². The number of hydrogen-bond donors (Lipinski definition) is 1. The normalized spacial score (nSPS) is 30.8. The van der Waals surface area contributed by atoms with Crippen molar-refractivity contribution in [3.63, 3.8) is 0 Å². The molecule has 94 valence electrons. The molecule has 2 aliphatic heterocycles. The fourth-order valence-electron chi connectivity index (χ4n) is 2.60. The zero-order chi connectivity index (χ0) is 10.7. The van der Waals surface area contributed by atoms with Gasteiger partial charge >= 0.3 is 5.97 Å². The maximum absolute atomic E-state index is 11.3. The highest BCUT2D eigenvalue weighted by molar-refractivity contribution is 5.85. The fourth-order valence-corrected chi connectivity index (χ4v) is 2.60. The molecule has 0 aromatic rings. The summed E-state index contributed by atoms with van der Waals surface area (Å²) in [5.41, 5.74) is 0. The number of halogens is 1. The van der Waals surface area contributed by atoms with Crippen LogP contribution in [-0.4, -0.2) is 49.7 Å². The number of methoxy groups -OCH3 is 1. The first-order valence-corrected chi connectivity index (χ1v) is 5.86. The SMILES string of the molecule is COC(=O)[C@@H]1C[C@@H](N2CCCCC2)CN1.Cl. The fraction of sp³-hybridized carbons (Fsp3) is 0.909. The Morgan fingerprint density at radius 2 is 2.00 bits per heavy atom. The number of carbonyl (C=O) groups is 1. The molecule has 1 N–H and O–H groups in total. The predicted octanol–water partition coefficient (Wildman–Crippen LogP) is 0.798. The van der Waals surface area contributed by atoms with Gasteiger partial charge in [0.1, 0.15) is 6.04 Å². The van der Waals surface area contributed by atoms with E-state index in [1.54, 1.807) is 0 Å². The second-order valence-corrected chi connectivity index (χ2v) is 4.47. The lowest BCUT2D eigenvalue weighted by Crippen LogP contribution is -2.40. The Balaban J connectivity index is 0.00000128. The average molecular weight is 249 g/mol. The van der Waals surface area contributed by atoms with Crippen LogP contribution in [0.1, 0.15) is 25.7 Å². The molecule has 0 aromatic carbocycles. The van der Waals surface area contributed by atoms with Crippen molar-refractivity contribution in [1.82, 2.24) is 10.2 Å². The van der Waals surface area contributed by atoms with Gasteiger partial charge in [-0.2, -0.15) is 0 Å². The van der Waals surface area contributed by atoms with E-state index in [1.165, 1.54) is 39.5 Å². The first-order chi connectivity index (χ1) is 7.31. The average Bonchev–Trinajstić information content (AvgIpc) is 2.78. The van der Waals surface area contributed by atoms with Crippen LogP contribution in [0.25, 0.3) is 0 Å². The van der Waals surface area contributed by atoms with E-state index in [0.29, 0.717) is 6.04 Å². The Hall–Kier alpha value is -0.320. The largest absolute Gasteiger partial charge is 0.468 e. The lowest BCUT2D eigenvalue weighted by atomic mass is 10.1. The molecule has 0 spiro atoms. The third-order valence-electron chi connectivity index (χ3n) is 3.50. The zero-order valence-electron chi connectivity index (χ0n) is 9.78. The highest BCUT2D eigenvalue weighted by Gasteiger charge is 2.33. The van der Waals surface area contributed by atoms with Crippen molar-refractivity contribution >= 4 is 18.4 Å². The smallest absolute Gasteiger partial charge is 0.322 e. The van der Waals surface area contributed by atoms with Crippen molar-refractivity contribution in [2.24, 2.45) is 0 Å². The second-order valence-electron chi connectivity index (χ2n) is 4.47. The Bertz CT molecular complexity index is 232. The summed E-state index contributed by atoms with van der Waals surface area (Å²) < 4.78 is 4.75. The summed E-state index contributed by atoms with van der Waals surface area (Å²) in [7, 11) is 1.46. The van der Waals surface area contributed by atoms with E-state index in [-0.39, 0.29) is 24.4 Å². The molecule has 0 aromatic heterocycles. The number of carbonyl (C=O) groups excluding carboxylic acids is 1. The van der Waals surface area contributed by atoms with Crippen LogP contribution in [0.15, 0.2) is 0 Å². The third kappa shape index (κ3) is 3.09. The summed E-state index contributed by atoms with van der Waals surface area (Å²) in [6, 6.07) is 0.455. The van der Waals surface area contributed by atoms with E-state index < -0.39 is 0 Å². The van der Waals surface area contributed by atoms with Crippen LogP contribution in [0.4, 0.5) is 0 Å². The van der Waals surface area contributed by atoms with E-state index in [4.69, 9.17) is 4.74 Å². The zero-order valence-corrected chi connectivity index (χ0v) is 10.6. The summed E-state index contributed by atoms with van der Waals surface area (Å²) in [5, 5.41) is 3.24. The van der Waals surface area contributed by atoms with Crippen molar-refractivity contribution in [1.29, 1.82) is 0 Å². The van der Waals surface area contributed by atoms with Gasteiger partial charge in [-0.25, -0.2) is 0 Å². The highest BCUT2D eigenvalue weighted by Crippen LogP contribution is 2.19. The van der Waals surface area contributed by atoms with Gasteiger partial charge < -0.3 is 10.1 Å². The highest BCUT2D eigenvalue weighted by atomic mass is 35.5. The van der Waals surface area contributed by atoms with E-state index in [9.17, 15) is 4.79 Å². The molecule has 0 amide bonds. The monoisotopic (exact) mass is 248 g/mol. The third-order valence-corrected chi connectivity index (χ3v) is 3.50. The number of piperidine rings is 1. The van der Waals surface area contributed by atoms with E-state index >= 15 is 0 Å². The molecule has 0 radical (unpaired) electrons. The minimum absolute atomic E-state index is 0. The summed E-state index contributed by atoms with van der Waals surface area (Å²) in [6.45, 7) is 3.32. The van der Waals surface area contributed by atoms with Crippen molar-refractivity contribution in [3.8, 4) is 0 Å². The first kappa shape index (κ1) is 13.7. The van der Waals surface area contributed by atoms with Crippen molar-refractivity contribution in [3.05, 3.63) is 0 Å². The van der Waals surface area contributed by atoms with Gasteiger partial charge in [-0.15, -0.1) is 12.4 Å². The van der Waals surface area contributed by atoms with Crippen LogP contribution in [0.5, 0.6) is 0 Å². The summed E-state index contributed by atoms with van der Waals surface area (Å²) in [4.78, 5) is 13.9. The van der Waals surface area contributed by atoms with Crippen LogP contribution < -0.4 is 5.32 Å². The van der Waals surface area contributed by atoms with Gasteiger partial charge in [-0.1, -0.05) is 6.42 Å². The van der Waals surface area contributed by atoms with Crippen LogP contribution in [-0.2, 0) is 9.53 Å². The molecule has 2 heterocycles. The Kier molecular flexibility index (Phi) is 5.52. The molecule has 16 heavy (non-hydrogen) atoms. The summed E-state index contributed by atoms with van der Waals surface area (Å²) >= 11 is 0. The van der Waals surface area contributed by atoms with E-state index in [0.717, 1.165) is 13.0 Å². The molecular formula is C11H21ClN2O2. The lowest BCUT2D eigenvalue weighted by Gasteiger charge is -2.31. The minimum atomic E-state index is -0.116. The molecule has 5 heteroatoms. The van der Waals surface area contributed by atoms with E-state index in [2.05, 4.69) is 10.2 Å². The first-order valence-electron chi connectivity index (χ1n) is 5.86. The van der Waals surface area contributed by atoms with Crippen LogP contribution in [0, 0.1) is 0 Å². The molecule has 2 fully saturated rings. The van der Waals surface area contributed by atoms with Gasteiger partial charge in [-0.3, -0.25) is 9.69 Å². The molecule has 0 bridgehead atoms. The van der Waals surface area contributed by atoms with Crippen molar-refractivity contribution in [2.75, 3.05) is 26.7 Å². The summed E-state index contributed by atoms with van der Waals surface area (Å²) in [5.74, 6) is -0.116. The molecule has 2 rings (SSSR count). The number of nitrogens with one attached hydrogen (secondary N) is 1. The van der Waals surface area contributed by atoms with Gasteiger partial charge in [0.2, 0.25) is 0 Å². The Labute approximate surface area is 103 Å². The Morgan fingerprint density at radius 1 is 1.31 bits per heavy atom. The van der Waals surface area contributed by atoms with Crippen LogP contribution in [0.2, 0.25) is 0 Å². The summed E-state index contributed by atoms with van der Waals surface area (Å²) in [6.07, 6.45) is 4.88. The van der Waals surface area contributed by atoms with Gasteiger partial charge in [-0.05, 0) is 32.4 Å². The van der Waals surface area contributed by atoms with Gasteiger partial charge in [0, 0.05) is 12.6 Å². The van der Waals surface area contributed by atoms with Crippen molar-refractivity contribution < 1.29 is 9.53 Å². The molecule has 2 aliphatic rings. The van der Waals surface area contributed by atoms with Crippen molar-refractivity contribution in [2.45, 2.75) is 37.8 Å². The Morgan fingerprint density at radius 3 is 2.62 bits per heavy atom. The number of rotatable bonds is 2. The van der Waals surface area contributed by atoms with Gasteiger partial charge in [0.05, 0.1) is 7.11 Å². The van der Waals surface area contributed by atoms with Crippen LogP contribution >= 0.6 is 12.4 Å². The molecule has 2 atom stereocenters. The van der Waals surface area contributed by atoms with Gasteiger partial charge in [0.25, 0.3) is 0 Å². The molecule has 0 unspecified atom stereocenters. The molecule has 0 aliphatic carbocycles. The maximum Gasteiger partial charge on any atom is 0.322 e. The lowest BCUT2D eigenvalue weighted by molar-refractivity contribution is -0.142.